The number of carbonyl (C=O) groups is 2. The minimum absolute atomic E-state index is 0.0953. The minimum Gasteiger partial charge on any atom is -0.444 e. The van der Waals surface area contributed by atoms with Crippen molar-refractivity contribution < 1.29 is 23.1 Å². The van der Waals surface area contributed by atoms with Gasteiger partial charge in [0.25, 0.3) is 0 Å². The van der Waals surface area contributed by atoms with Crippen LogP contribution in [0.4, 0.5) is 19.3 Å². The van der Waals surface area contributed by atoms with Gasteiger partial charge in [0.15, 0.2) is 0 Å². The standard InChI is InChI=1S/C22H26F2N4O3/c1-13-7-5-10-16(27-21(30)31-22(2,3)4)14-8-6-9-15(11-14)18-17(26-19(13)29)12-25-28(18)20(23)24/h5-9,11-13,16,20H,10H2,1-4H3,(H,26,29)(H,27,30)/b7-5+/t13-,16+/m1/s1. The van der Waals surface area contributed by atoms with Gasteiger partial charge < -0.3 is 15.4 Å². The summed E-state index contributed by atoms with van der Waals surface area (Å²) < 4.78 is 33.1. The van der Waals surface area contributed by atoms with Crippen LogP contribution >= 0.6 is 0 Å². The first kappa shape index (κ1) is 22.5. The number of benzene rings is 1. The van der Waals surface area contributed by atoms with Crippen LogP contribution in [-0.2, 0) is 9.53 Å². The van der Waals surface area contributed by atoms with E-state index in [1.54, 1.807) is 58.0 Å². The third kappa shape index (κ3) is 5.48. The number of ether oxygens (including phenoxy) is 1. The highest BCUT2D eigenvalue weighted by Gasteiger charge is 2.24. The molecule has 0 radical (unpaired) electrons. The van der Waals surface area contributed by atoms with Gasteiger partial charge in [-0.1, -0.05) is 37.3 Å². The highest BCUT2D eigenvalue weighted by atomic mass is 19.3. The lowest BCUT2D eigenvalue weighted by Gasteiger charge is -2.24. The van der Waals surface area contributed by atoms with Crippen molar-refractivity contribution in [2.24, 2.45) is 5.92 Å². The molecule has 1 aromatic heterocycles. The quantitative estimate of drug-likeness (QED) is 0.651. The van der Waals surface area contributed by atoms with E-state index in [0.717, 1.165) is 0 Å². The topological polar surface area (TPSA) is 85.2 Å². The number of nitrogens with zero attached hydrogens (tertiary/aromatic N) is 2. The van der Waals surface area contributed by atoms with Gasteiger partial charge in [-0.15, -0.1) is 0 Å². The second-order valence-electron chi connectivity index (χ2n) is 8.40. The predicted molar refractivity (Wildman–Crippen MR) is 113 cm³/mol. The number of aromatic nitrogens is 2. The number of carbonyl (C=O) groups excluding carboxylic acids is 2. The second kappa shape index (κ2) is 8.87. The van der Waals surface area contributed by atoms with Crippen LogP contribution in [0, 0.1) is 5.92 Å². The molecule has 31 heavy (non-hydrogen) atoms. The van der Waals surface area contributed by atoms with Crippen LogP contribution in [0.15, 0.2) is 42.6 Å². The Kier molecular flexibility index (Phi) is 6.42. The molecule has 1 aliphatic rings. The first-order valence-electron chi connectivity index (χ1n) is 9.98. The molecule has 2 amide bonds. The monoisotopic (exact) mass is 432 g/mol. The summed E-state index contributed by atoms with van der Waals surface area (Å²) in [5.41, 5.74) is 0.774. The van der Waals surface area contributed by atoms with Crippen LogP contribution in [0.5, 0.6) is 0 Å². The summed E-state index contributed by atoms with van der Waals surface area (Å²) in [5, 5.41) is 9.27. The molecule has 2 bridgehead atoms. The summed E-state index contributed by atoms with van der Waals surface area (Å²) in [6.07, 6.45) is 4.53. The number of alkyl halides is 2. The van der Waals surface area contributed by atoms with Crippen molar-refractivity contribution in [1.82, 2.24) is 15.1 Å². The van der Waals surface area contributed by atoms with E-state index < -0.39 is 30.2 Å². The van der Waals surface area contributed by atoms with Gasteiger partial charge in [-0.3, -0.25) is 4.79 Å². The molecule has 0 unspecified atom stereocenters. The van der Waals surface area contributed by atoms with Crippen molar-refractivity contribution in [2.75, 3.05) is 5.32 Å². The van der Waals surface area contributed by atoms with E-state index in [4.69, 9.17) is 4.74 Å². The second-order valence-corrected chi connectivity index (χ2v) is 8.40. The first-order chi connectivity index (χ1) is 14.5. The van der Waals surface area contributed by atoms with Crippen LogP contribution in [0.3, 0.4) is 0 Å². The van der Waals surface area contributed by atoms with E-state index in [1.807, 2.05) is 6.08 Å². The number of alkyl carbamates (subject to hydrolysis) is 1. The van der Waals surface area contributed by atoms with Gasteiger partial charge in [0.1, 0.15) is 5.60 Å². The number of rotatable bonds is 2. The van der Waals surface area contributed by atoms with Gasteiger partial charge in [0.2, 0.25) is 5.91 Å². The number of nitrogens with one attached hydrogen (secondary N) is 2. The lowest BCUT2D eigenvalue weighted by atomic mass is 9.98. The number of amides is 2. The van der Waals surface area contributed by atoms with Crippen molar-refractivity contribution in [3.63, 3.8) is 0 Å². The molecule has 7 nitrogen and oxygen atoms in total. The summed E-state index contributed by atoms with van der Waals surface area (Å²) >= 11 is 0. The Hall–Kier alpha value is -3.23. The van der Waals surface area contributed by atoms with Crippen LogP contribution in [0.25, 0.3) is 11.3 Å². The third-order valence-corrected chi connectivity index (χ3v) is 4.70. The van der Waals surface area contributed by atoms with Crippen molar-refractivity contribution in [3.8, 4) is 11.3 Å². The molecule has 2 atom stereocenters. The summed E-state index contributed by atoms with van der Waals surface area (Å²) in [6.45, 7) is 4.11. The molecule has 0 spiro atoms. The van der Waals surface area contributed by atoms with Gasteiger partial charge in [-0.25, -0.2) is 9.48 Å². The Morgan fingerprint density at radius 2 is 2.10 bits per heavy atom. The number of hydrogen-bond donors (Lipinski definition) is 2. The van der Waals surface area contributed by atoms with Gasteiger partial charge >= 0.3 is 12.6 Å². The Morgan fingerprint density at radius 3 is 2.77 bits per heavy atom. The molecule has 0 saturated carbocycles. The smallest absolute Gasteiger partial charge is 0.408 e. The van der Waals surface area contributed by atoms with Crippen LogP contribution in [0.2, 0.25) is 0 Å². The van der Waals surface area contributed by atoms with Crippen molar-refractivity contribution in [3.05, 3.63) is 48.2 Å². The van der Waals surface area contributed by atoms with E-state index in [0.29, 0.717) is 22.2 Å². The molecular formula is C22H26F2N4O3. The van der Waals surface area contributed by atoms with Gasteiger partial charge in [-0.05, 0) is 38.8 Å². The molecule has 2 aromatic rings. The molecule has 3 rings (SSSR count). The SMILES string of the molecule is C[C@@H]1/C=C/C[C@H](NC(=O)OC(C)(C)C)c2cccc(c2)-c2c(cnn2C(F)F)NC1=O. The number of halogens is 2. The van der Waals surface area contributed by atoms with Crippen LogP contribution in [0.1, 0.15) is 52.3 Å². The molecule has 0 aliphatic carbocycles. The van der Waals surface area contributed by atoms with E-state index >= 15 is 0 Å². The molecule has 1 aromatic carbocycles. The average Bonchev–Trinajstić information content (AvgIpc) is 3.08. The third-order valence-electron chi connectivity index (χ3n) is 4.70. The molecule has 166 valence electrons. The fourth-order valence-electron chi connectivity index (χ4n) is 3.27. The fourth-order valence-corrected chi connectivity index (χ4v) is 3.27. The highest BCUT2D eigenvalue weighted by molar-refractivity contribution is 5.96. The van der Waals surface area contributed by atoms with E-state index in [9.17, 15) is 18.4 Å². The van der Waals surface area contributed by atoms with E-state index in [2.05, 4.69) is 15.7 Å². The van der Waals surface area contributed by atoms with Gasteiger partial charge in [0, 0.05) is 5.56 Å². The zero-order valence-electron chi connectivity index (χ0n) is 17.9. The number of hydrogen-bond acceptors (Lipinski definition) is 4. The molecule has 0 fully saturated rings. The number of anilines is 1. The maximum atomic E-state index is 13.6. The zero-order chi connectivity index (χ0) is 22.8. The van der Waals surface area contributed by atoms with Crippen molar-refractivity contribution >= 4 is 17.7 Å². The maximum absolute atomic E-state index is 13.6. The molecule has 9 heteroatoms. The van der Waals surface area contributed by atoms with Gasteiger partial charge in [0.05, 0.1) is 29.5 Å². The average molecular weight is 432 g/mol. The van der Waals surface area contributed by atoms with Crippen LogP contribution in [-0.4, -0.2) is 27.4 Å². The zero-order valence-corrected chi connectivity index (χ0v) is 17.9. The molecule has 2 heterocycles. The van der Waals surface area contributed by atoms with Crippen molar-refractivity contribution in [2.45, 2.75) is 52.3 Å². The summed E-state index contributed by atoms with van der Waals surface area (Å²) in [4.78, 5) is 24.9. The largest absolute Gasteiger partial charge is 0.444 e. The van der Waals surface area contributed by atoms with E-state index in [1.165, 1.54) is 6.20 Å². The first-order valence-corrected chi connectivity index (χ1v) is 9.98. The summed E-state index contributed by atoms with van der Waals surface area (Å²) in [6, 6.07) is 6.39. The van der Waals surface area contributed by atoms with E-state index in [-0.39, 0.29) is 17.3 Å². The predicted octanol–water partition coefficient (Wildman–Crippen LogP) is 5.05. The Bertz CT molecular complexity index is 995. The van der Waals surface area contributed by atoms with Crippen molar-refractivity contribution in [1.29, 1.82) is 0 Å². The highest BCUT2D eigenvalue weighted by Crippen LogP contribution is 2.34. The molecule has 1 aliphatic heterocycles. The van der Waals surface area contributed by atoms with Gasteiger partial charge in [-0.2, -0.15) is 13.9 Å². The lowest BCUT2D eigenvalue weighted by Crippen LogP contribution is -2.35. The molecular weight excluding hydrogens is 406 g/mol. The number of fused-ring (bicyclic) bond motifs is 4. The Labute approximate surface area is 179 Å². The summed E-state index contributed by atoms with van der Waals surface area (Å²) in [7, 11) is 0. The maximum Gasteiger partial charge on any atom is 0.408 e. The molecule has 0 saturated heterocycles. The lowest BCUT2D eigenvalue weighted by molar-refractivity contribution is -0.118. The summed E-state index contributed by atoms with van der Waals surface area (Å²) in [5.74, 6) is -0.859. The van der Waals surface area contributed by atoms with Crippen LogP contribution < -0.4 is 10.6 Å². The fraction of sp³-hybridized carbons (Fsp3) is 0.409. The normalized spacial score (nSPS) is 20.2. The Balaban J connectivity index is 2.07. The minimum atomic E-state index is -2.88. The molecule has 2 N–H and O–H groups in total. The Morgan fingerprint density at radius 1 is 1.35 bits per heavy atom.